The van der Waals surface area contributed by atoms with Crippen molar-refractivity contribution in [2.75, 3.05) is 26.2 Å². The van der Waals surface area contributed by atoms with E-state index in [-0.39, 0.29) is 11.2 Å². The summed E-state index contributed by atoms with van der Waals surface area (Å²) in [4.78, 5) is 22.5. The third-order valence-electron chi connectivity index (χ3n) is 4.44. The molecule has 1 amide bonds. The zero-order valence-corrected chi connectivity index (χ0v) is 13.6. The maximum absolute atomic E-state index is 12.8. The van der Waals surface area contributed by atoms with Crippen LogP contribution in [0.5, 0.6) is 0 Å². The molecule has 1 atom stereocenters. The highest BCUT2D eigenvalue weighted by Gasteiger charge is 2.32. The number of rotatable bonds is 3. The van der Waals surface area contributed by atoms with Crippen LogP contribution >= 0.6 is 11.8 Å². The fourth-order valence-corrected chi connectivity index (χ4v) is 4.45. The molecule has 0 aliphatic carbocycles. The van der Waals surface area contributed by atoms with Gasteiger partial charge in [-0.25, -0.2) is 4.98 Å². The molecule has 23 heavy (non-hydrogen) atoms. The quantitative estimate of drug-likeness (QED) is 0.916. The summed E-state index contributed by atoms with van der Waals surface area (Å²) >= 11 is 1.71. The molecule has 0 bridgehead atoms. The number of H-pyrrole nitrogens is 1. The molecule has 1 fully saturated rings. The lowest BCUT2D eigenvalue weighted by Gasteiger charge is -2.35. The van der Waals surface area contributed by atoms with Crippen molar-refractivity contribution < 1.29 is 4.79 Å². The van der Waals surface area contributed by atoms with Crippen molar-refractivity contribution in [1.82, 2.24) is 25.0 Å². The smallest absolute Gasteiger partial charge is 0.236 e. The van der Waals surface area contributed by atoms with E-state index in [1.54, 1.807) is 11.8 Å². The SMILES string of the molecule is O=C([C@@H]1Cc2ccccc2S1)N1CCN(Cc2ncn[nH]2)CC1. The second-order valence-corrected chi connectivity index (χ2v) is 7.20. The van der Waals surface area contributed by atoms with Crippen LogP contribution < -0.4 is 0 Å². The average Bonchev–Trinajstić information content (AvgIpc) is 3.24. The maximum Gasteiger partial charge on any atom is 0.236 e. The number of thioether (sulfide) groups is 1. The Balaban J connectivity index is 1.31. The fraction of sp³-hybridized carbons (Fsp3) is 0.438. The second kappa shape index (κ2) is 6.33. The highest BCUT2D eigenvalue weighted by molar-refractivity contribution is 8.01. The zero-order valence-electron chi connectivity index (χ0n) is 12.8. The number of amides is 1. The van der Waals surface area contributed by atoms with Crippen molar-refractivity contribution in [3.05, 3.63) is 42.0 Å². The number of benzene rings is 1. The van der Waals surface area contributed by atoms with Gasteiger partial charge in [-0.2, -0.15) is 5.10 Å². The van der Waals surface area contributed by atoms with Gasteiger partial charge in [0.05, 0.1) is 11.8 Å². The summed E-state index contributed by atoms with van der Waals surface area (Å²) in [6, 6.07) is 8.34. The number of fused-ring (bicyclic) bond motifs is 1. The molecule has 3 heterocycles. The summed E-state index contributed by atoms with van der Waals surface area (Å²) < 4.78 is 0. The van der Waals surface area contributed by atoms with Gasteiger partial charge in [0.2, 0.25) is 5.91 Å². The summed E-state index contributed by atoms with van der Waals surface area (Å²) in [6.45, 7) is 4.12. The van der Waals surface area contributed by atoms with Crippen LogP contribution in [0.25, 0.3) is 0 Å². The second-order valence-electron chi connectivity index (χ2n) is 5.95. The average molecular weight is 329 g/mol. The van der Waals surface area contributed by atoms with Crippen LogP contribution in [0, 0.1) is 0 Å². The molecule has 2 aliphatic heterocycles. The number of nitrogens with zero attached hydrogens (tertiary/aromatic N) is 4. The first-order chi connectivity index (χ1) is 11.3. The van der Waals surface area contributed by atoms with Gasteiger partial charge in [-0.3, -0.25) is 14.8 Å². The molecule has 6 nitrogen and oxygen atoms in total. The molecule has 0 spiro atoms. The van der Waals surface area contributed by atoms with Crippen molar-refractivity contribution in [2.45, 2.75) is 23.1 Å². The van der Waals surface area contributed by atoms with Crippen LogP contribution in [0.1, 0.15) is 11.4 Å². The highest BCUT2D eigenvalue weighted by Crippen LogP contribution is 2.37. The Kier molecular flexibility index (Phi) is 4.05. The van der Waals surface area contributed by atoms with E-state index in [4.69, 9.17) is 0 Å². The van der Waals surface area contributed by atoms with Crippen molar-refractivity contribution in [2.24, 2.45) is 0 Å². The van der Waals surface area contributed by atoms with Gasteiger partial charge < -0.3 is 4.90 Å². The maximum atomic E-state index is 12.8. The van der Waals surface area contributed by atoms with Gasteiger partial charge in [-0.05, 0) is 18.1 Å². The number of carbonyl (C=O) groups excluding carboxylic acids is 1. The molecule has 7 heteroatoms. The van der Waals surface area contributed by atoms with E-state index in [2.05, 4.69) is 38.3 Å². The lowest BCUT2D eigenvalue weighted by atomic mass is 10.1. The summed E-state index contributed by atoms with van der Waals surface area (Å²) in [5.41, 5.74) is 1.31. The predicted octanol–water partition coefficient (Wildman–Crippen LogP) is 1.17. The van der Waals surface area contributed by atoms with Gasteiger partial charge in [0, 0.05) is 31.1 Å². The molecule has 2 aliphatic rings. The number of piperazine rings is 1. The fourth-order valence-electron chi connectivity index (χ4n) is 3.17. The molecule has 0 radical (unpaired) electrons. The predicted molar refractivity (Wildman–Crippen MR) is 88.0 cm³/mol. The van der Waals surface area contributed by atoms with E-state index in [0.29, 0.717) is 0 Å². The largest absolute Gasteiger partial charge is 0.339 e. The third kappa shape index (κ3) is 3.11. The van der Waals surface area contributed by atoms with E-state index in [9.17, 15) is 4.79 Å². The molecule has 1 saturated heterocycles. The first kappa shape index (κ1) is 14.7. The molecule has 4 rings (SSSR count). The Bertz CT molecular complexity index is 657. The molecular weight excluding hydrogens is 310 g/mol. The number of aromatic amines is 1. The molecular formula is C16H19N5OS. The molecule has 2 aromatic rings. The normalized spacial score (nSPS) is 21.4. The topological polar surface area (TPSA) is 65.1 Å². The zero-order chi connectivity index (χ0) is 15.6. The van der Waals surface area contributed by atoms with Gasteiger partial charge in [0.1, 0.15) is 12.2 Å². The summed E-state index contributed by atoms with van der Waals surface area (Å²) in [5.74, 6) is 1.16. The highest BCUT2D eigenvalue weighted by atomic mass is 32.2. The van der Waals surface area contributed by atoms with Gasteiger partial charge in [-0.15, -0.1) is 11.8 Å². The van der Waals surface area contributed by atoms with Crippen LogP contribution in [0.3, 0.4) is 0 Å². The van der Waals surface area contributed by atoms with Crippen molar-refractivity contribution >= 4 is 17.7 Å². The molecule has 120 valence electrons. The summed E-state index contributed by atoms with van der Waals surface area (Å²) in [7, 11) is 0. The van der Waals surface area contributed by atoms with E-state index < -0.39 is 0 Å². The molecule has 1 N–H and O–H groups in total. The van der Waals surface area contributed by atoms with E-state index >= 15 is 0 Å². The lowest BCUT2D eigenvalue weighted by molar-refractivity contribution is -0.132. The van der Waals surface area contributed by atoms with Crippen LogP contribution in [0.15, 0.2) is 35.5 Å². The van der Waals surface area contributed by atoms with Crippen LogP contribution in [0.4, 0.5) is 0 Å². The third-order valence-corrected chi connectivity index (χ3v) is 5.75. The Morgan fingerprint density at radius 1 is 1.26 bits per heavy atom. The van der Waals surface area contributed by atoms with E-state index in [1.165, 1.54) is 16.8 Å². The summed E-state index contributed by atoms with van der Waals surface area (Å²) in [5, 5.41) is 6.81. The first-order valence-corrected chi connectivity index (χ1v) is 8.77. The van der Waals surface area contributed by atoms with Gasteiger partial charge in [-0.1, -0.05) is 18.2 Å². The van der Waals surface area contributed by atoms with Gasteiger partial charge in [0.25, 0.3) is 0 Å². The summed E-state index contributed by atoms with van der Waals surface area (Å²) in [6.07, 6.45) is 2.39. The van der Waals surface area contributed by atoms with Gasteiger partial charge >= 0.3 is 0 Å². The minimum absolute atomic E-state index is 0.0493. The number of aromatic nitrogens is 3. The van der Waals surface area contributed by atoms with Crippen LogP contribution in [-0.4, -0.2) is 62.3 Å². The molecule has 0 saturated carbocycles. The molecule has 1 aromatic carbocycles. The van der Waals surface area contributed by atoms with E-state index in [1.807, 2.05) is 11.0 Å². The standard InChI is InChI=1S/C16H19N5OS/c22-16(14-9-12-3-1-2-4-13(12)23-14)21-7-5-20(6-8-21)10-15-17-11-18-19-15/h1-4,11,14H,5-10H2,(H,17,18,19)/t14-/m0/s1. The monoisotopic (exact) mass is 329 g/mol. The van der Waals surface area contributed by atoms with Crippen molar-refractivity contribution in [3.8, 4) is 0 Å². The van der Waals surface area contributed by atoms with Crippen LogP contribution in [0.2, 0.25) is 0 Å². The molecule has 1 aromatic heterocycles. The number of hydrogen-bond donors (Lipinski definition) is 1. The molecule has 0 unspecified atom stereocenters. The van der Waals surface area contributed by atoms with Crippen molar-refractivity contribution in [3.63, 3.8) is 0 Å². The Hall–Kier alpha value is -1.86. The van der Waals surface area contributed by atoms with Crippen LogP contribution in [-0.2, 0) is 17.8 Å². The first-order valence-electron chi connectivity index (χ1n) is 7.89. The lowest BCUT2D eigenvalue weighted by Crippen LogP contribution is -2.50. The Labute approximate surface area is 139 Å². The minimum atomic E-state index is 0.0493. The Morgan fingerprint density at radius 3 is 2.83 bits per heavy atom. The minimum Gasteiger partial charge on any atom is -0.339 e. The van der Waals surface area contributed by atoms with E-state index in [0.717, 1.165) is 45.0 Å². The number of nitrogens with one attached hydrogen (secondary N) is 1. The van der Waals surface area contributed by atoms with Gasteiger partial charge in [0.15, 0.2) is 0 Å². The Morgan fingerprint density at radius 2 is 2.09 bits per heavy atom. The number of hydrogen-bond acceptors (Lipinski definition) is 5. The van der Waals surface area contributed by atoms with Crippen molar-refractivity contribution in [1.29, 1.82) is 0 Å². The number of carbonyl (C=O) groups is 1.